The molecule has 2 aliphatic carbocycles. The fourth-order valence-electron chi connectivity index (χ4n) is 6.44. The Morgan fingerprint density at radius 2 is 1.89 bits per heavy atom. The molecule has 1 aliphatic heterocycles. The SMILES string of the molecule is Cc1cc(NC(=O)c2c(C3CC4CC5(CN=C(c6ccc(F)cc6)O5)CC4C3)nn(C)c2N)ccc1P. The van der Waals surface area contributed by atoms with Crippen molar-refractivity contribution in [3.8, 4) is 0 Å². The summed E-state index contributed by atoms with van der Waals surface area (Å²) in [7, 11) is 4.48. The average molecular weight is 520 g/mol. The van der Waals surface area contributed by atoms with Gasteiger partial charge in [-0.15, -0.1) is 9.24 Å². The molecule has 2 heterocycles. The molecule has 1 amide bonds. The molecule has 3 N–H and O–H groups in total. The number of fused-ring (bicyclic) bond motifs is 1. The van der Waals surface area contributed by atoms with E-state index in [1.165, 1.54) is 12.1 Å². The third-order valence-electron chi connectivity index (χ3n) is 8.28. The van der Waals surface area contributed by atoms with E-state index in [-0.39, 0.29) is 23.2 Å². The number of nitrogens with two attached hydrogens (primary N) is 1. The van der Waals surface area contributed by atoms with Crippen molar-refractivity contribution in [1.82, 2.24) is 9.78 Å². The fraction of sp³-hybridized carbons (Fsp3) is 0.393. The first-order valence-corrected chi connectivity index (χ1v) is 13.3. The van der Waals surface area contributed by atoms with Crippen LogP contribution in [-0.2, 0) is 11.8 Å². The van der Waals surface area contributed by atoms with Crippen LogP contribution in [0.5, 0.6) is 0 Å². The molecule has 3 atom stereocenters. The maximum Gasteiger partial charge on any atom is 0.261 e. The number of aromatic nitrogens is 2. The van der Waals surface area contributed by atoms with Gasteiger partial charge in [0.2, 0.25) is 5.90 Å². The van der Waals surface area contributed by atoms with Crippen LogP contribution in [0.25, 0.3) is 0 Å². The minimum atomic E-state index is -0.283. The van der Waals surface area contributed by atoms with Crippen LogP contribution in [-0.4, -0.2) is 33.7 Å². The number of aryl methyl sites for hydroxylation is 2. The Bertz CT molecular complexity index is 1400. The van der Waals surface area contributed by atoms with Gasteiger partial charge < -0.3 is 15.8 Å². The Hall–Kier alpha value is -3.25. The van der Waals surface area contributed by atoms with Crippen molar-refractivity contribution in [1.29, 1.82) is 0 Å². The maximum atomic E-state index is 13.4. The van der Waals surface area contributed by atoms with Crippen molar-refractivity contribution in [2.75, 3.05) is 17.6 Å². The van der Waals surface area contributed by atoms with Gasteiger partial charge in [-0.25, -0.2) is 9.38 Å². The van der Waals surface area contributed by atoms with Gasteiger partial charge in [-0.3, -0.25) is 9.48 Å². The summed E-state index contributed by atoms with van der Waals surface area (Å²) in [4.78, 5) is 18.0. The summed E-state index contributed by atoms with van der Waals surface area (Å²) in [6.07, 6.45) is 3.73. The summed E-state index contributed by atoms with van der Waals surface area (Å²) >= 11 is 0. The molecule has 7 nitrogen and oxygen atoms in total. The van der Waals surface area contributed by atoms with Crippen molar-refractivity contribution < 1.29 is 13.9 Å². The van der Waals surface area contributed by atoms with Gasteiger partial charge in [-0.2, -0.15) is 5.10 Å². The smallest absolute Gasteiger partial charge is 0.261 e. The fourth-order valence-corrected chi connectivity index (χ4v) is 6.62. The number of anilines is 2. The number of nitrogen functional groups attached to an aromatic ring is 1. The monoisotopic (exact) mass is 519 g/mol. The molecule has 2 aromatic carbocycles. The number of hydrogen-bond donors (Lipinski definition) is 2. The number of benzene rings is 2. The standard InChI is InChI=1S/C28H31FN5O2P/c1-15-9-21(7-8-22(15)37)32-26(35)23-24(33-34(2)25(23)30)17-10-18-12-28(13-19(18)11-17)14-31-27(36-28)16-3-5-20(29)6-4-16/h3-9,17-19H,10-14,30,37H2,1-2H3,(H,32,35). The number of ether oxygens (including phenoxy) is 1. The van der Waals surface area contributed by atoms with E-state index in [0.717, 1.165) is 53.5 Å². The first-order chi connectivity index (χ1) is 17.7. The van der Waals surface area contributed by atoms with Crippen LogP contribution < -0.4 is 16.4 Å². The summed E-state index contributed by atoms with van der Waals surface area (Å²) in [5.74, 6) is 1.63. The average Bonchev–Trinajstić information content (AvgIpc) is 3.60. The molecular weight excluding hydrogens is 488 g/mol. The van der Waals surface area contributed by atoms with E-state index in [0.29, 0.717) is 35.7 Å². The first-order valence-electron chi connectivity index (χ1n) is 12.7. The minimum Gasteiger partial charge on any atom is -0.469 e. The molecule has 3 aliphatic rings. The number of hydrogen-bond acceptors (Lipinski definition) is 5. The second kappa shape index (κ2) is 8.95. The van der Waals surface area contributed by atoms with E-state index < -0.39 is 0 Å². The van der Waals surface area contributed by atoms with Gasteiger partial charge in [0.1, 0.15) is 22.8 Å². The topological polar surface area (TPSA) is 94.5 Å². The molecule has 2 fully saturated rings. The van der Waals surface area contributed by atoms with Gasteiger partial charge >= 0.3 is 0 Å². The third-order valence-corrected chi connectivity index (χ3v) is 8.93. The number of aliphatic imine (C=N–C) groups is 1. The van der Waals surface area contributed by atoms with Crippen LogP contribution in [0.1, 0.15) is 58.8 Å². The molecule has 9 heteroatoms. The quantitative estimate of drug-likeness (QED) is 0.502. The lowest BCUT2D eigenvalue weighted by Gasteiger charge is -2.25. The number of amides is 1. The Kier molecular flexibility index (Phi) is 5.83. The maximum absolute atomic E-state index is 13.4. The predicted molar refractivity (Wildman–Crippen MR) is 146 cm³/mol. The molecule has 0 bridgehead atoms. The van der Waals surface area contributed by atoms with E-state index >= 15 is 0 Å². The first kappa shape index (κ1) is 24.1. The van der Waals surface area contributed by atoms with Gasteiger partial charge in [0.05, 0.1) is 12.2 Å². The molecule has 2 saturated carbocycles. The molecule has 192 valence electrons. The summed E-state index contributed by atoms with van der Waals surface area (Å²) in [5.41, 5.74) is 9.97. The molecule has 6 rings (SSSR count). The number of rotatable bonds is 4. The number of halogens is 1. The molecule has 3 unspecified atom stereocenters. The van der Waals surface area contributed by atoms with Crippen LogP contribution in [0.15, 0.2) is 47.5 Å². The van der Waals surface area contributed by atoms with E-state index in [2.05, 4.69) is 19.5 Å². The van der Waals surface area contributed by atoms with E-state index in [9.17, 15) is 9.18 Å². The van der Waals surface area contributed by atoms with Gasteiger partial charge in [0.15, 0.2) is 0 Å². The summed E-state index contributed by atoms with van der Waals surface area (Å²) in [6.45, 7) is 2.64. The number of nitrogens with zero attached hydrogens (tertiary/aromatic N) is 3. The number of carbonyl (C=O) groups excluding carboxylic acids is 1. The summed E-state index contributed by atoms with van der Waals surface area (Å²) in [6, 6.07) is 12.1. The highest BCUT2D eigenvalue weighted by atomic mass is 31.0. The summed E-state index contributed by atoms with van der Waals surface area (Å²) < 4.78 is 21.3. The van der Waals surface area contributed by atoms with Crippen LogP contribution in [0.4, 0.5) is 15.9 Å². The normalized spacial score (nSPS) is 26.3. The van der Waals surface area contributed by atoms with Gasteiger partial charge in [-0.1, -0.05) is 6.07 Å². The predicted octanol–water partition coefficient (Wildman–Crippen LogP) is 4.32. The van der Waals surface area contributed by atoms with Crippen molar-refractivity contribution in [3.05, 3.63) is 70.7 Å². The molecule has 1 spiro atoms. The van der Waals surface area contributed by atoms with E-state index in [1.807, 2.05) is 25.1 Å². The van der Waals surface area contributed by atoms with E-state index in [1.54, 1.807) is 23.9 Å². The lowest BCUT2D eigenvalue weighted by molar-refractivity contribution is 0.0852. The minimum absolute atomic E-state index is 0.173. The molecular formula is C28H31FN5O2P. The Morgan fingerprint density at radius 1 is 1.19 bits per heavy atom. The van der Waals surface area contributed by atoms with Crippen molar-refractivity contribution >= 4 is 37.9 Å². The highest BCUT2D eigenvalue weighted by Crippen LogP contribution is 2.56. The molecule has 0 saturated heterocycles. The van der Waals surface area contributed by atoms with Gasteiger partial charge in [0, 0.05) is 24.2 Å². The number of nitrogens with one attached hydrogen (secondary N) is 1. The van der Waals surface area contributed by atoms with Crippen LogP contribution in [0.2, 0.25) is 0 Å². The Labute approximate surface area is 217 Å². The third kappa shape index (κ3) is 4.31. The number of carbonyl (C=O) groups is 1. The Balaban J connectivity index is 1.16. The van der Waals surface area contributed by atoms with Gasteiger partial charge in [0.25, 0.3) is 5.91 Å². The van der Waals surface area contributed by atoms with Gasteiger partial charge in [-0.05, 0) is 91.7 Å². The van der Waals surface area contributed by atoms with Crippen molar-refractivity contribution in [2.24, 2.45) is 23.9 Å². The zero-order chi connectivity index (χ0) is 25.9. The van der Waals surface area contributed by atoms with Crippen LogP contribution in [0.3, 0.4) is 0 Å². The Morgan fingerprint density at radius 3 is 2.57 bits per heavy atom. The lowest BCUT2D eigenvalue weighted by Crippen LogP contribution is -2.31. The molecule has 3 aromatic rings. The van der Waals surface area contributed by atoms with Crippen LogP contribution in [0, 0.1) is 24.6 Å². The van der Waals surface area contributed by atoms with Crippen LogP contribution >= 0.6 is 9.24 Å². The lowest BCUT2D eigenvalue weighted by atomic mass is 9.91. The van der Waals surface area contributed by atoms with Crippen molar-refractivity contribution in [2.45, 2.75) is 44.1 Å². The molecule has 0 radical (unpaired) electrons. The summed E-state index contributed by atoms with van der Waals surface area (Å²) in [5, 5.41) is 8.82. The largest absolute Gasteiger partial charge is 0.469 e. The zero-order valence-corrected chi connectivity index (χ0v) is 22.2. The zero-order valence-electron chi connectivity index (χ0n) is 21.0. The molecule has 1 aromatic heterocycles. The van der Waals surface area contributed by atoms with Crippen molar-refractivity contribution in [3.63, 3.8) is 0 Å². The second-order valence-electron chi connectivity index (χ2n) is 10.8. The second-order valence-corrected chi connectivity index (χ2v) is 11.4. The molecule has 37 heavy (non-hydrogen) atoms. The highest BCUT2D eigenvalue weighted by molar-refractivity contribution is 7.27. The van der Waals surface area contributed by atoms with E-state index in [4.69, 9.17) is 15.6 Å². The highest BCUT2D eigenvalue weighted by Gasteiger charge is 2.54.